The number of aryl methyl sites for hydroxylation is 1. The average Bonchev–Trinajstić information content (AvgIpc) is 2.96. The predicted molar refractivity (Wildman–Crippen MR) is 96.3 cm³/mol. The van der Waals surface area contributed by atoms with E-state index in [4.69, 9.17) is 0 Å². The standard InChI is InChI=1S/C17H12N4O3.ClH/c1-10-2-4-14-15(6-10)20-17(19-14)12(9-18)7-11-8-13(21(23)24)3-5-16(11)22;/h2-8,22H,1H3,(H,19,20);1H. The van der Waals surface area contributed by atoms with E-state index in [1.54, 1.807) is 0 Å². The maximum absolute atomic E-state index is 10.9. The highest BCUT2D eigenvalue weighted by atomic mass is 35.5. The van der Waals surface area contributed by atoms with Gasteiger partial charge in [0.25, 0.3) is 5.69 Å². The van der Waals surface area contributed by atoms with Crippen LogP contribution in [0.5, 0.6) is 5.75 Å². The minimum absolute atomic E-state index is 0. The van der Waals surface area contributed by atoms with E-state index in [1.165, 1.54) is 24.3 Å². The van der Waals surface area contributed by atoms with E-state index in [-0.39, 0.29) is 35.0 Å². The Morgan fingerprint density at radius 2 is 2.12 bits per heavy atom. The Hall–Kier alpha value is -3.37. The van der Waals surface area contributed by atoms with Crippen LogP contribution in [0.4, 0.5) is 5.69 Å². The molecule has 0 bridgehead atoms. The number of nitro benzene ring substituents is 1. The summed E-state index contributed by atoms with van der Waals surface area (Å²) < 4.78 is 0. The first kappa shape index (κ1) is 18.0. The third-order valence-corrected chi connectivity index (χ3v) is 3.53. The topological polar surface area (TPSA) is 116 Å². The quantitative estimate of drug-likeness (QED) is 0.418. The molecule has 0 spiro atoms. The first-order valence-corrected chi connectivity index (χ1v) is 7.04. The number of fused-ring (bicyclic) bond motifs is 1. The van der Waals surface area contributed by atoms with Crippen LogP contribution >= 0.6 is 12.4 Å². The minimum Gasteiger partial charge on any atom is -0.507 e. The largest absolute Gasteiger partial charge is 0.507 e. The molecule has 0 unspecified atom stereocenters. The van der Waals surface area contributed by atoms with Crippen molar-refractivity contribution in [1.29, 1.82) is 5.26 Å². The molecule has 126 valence electrons. The Kier molecular flexibility index (Phi) is 5.05. The number of nitrogens with one attached hydrogen (secondary N) is 1. The van der Waals surface area contributed by atoms with Gasteiger partial charge in [0.05, 0.1) is 21.5 Å². The van der Waals surface area contributed by atoms with Gasteiger partial charge in [-0.25, -0.2) is 4.98 Å². The van der Waals surface area contributed by atoms with Gasteiger partial charge in [0.15, 0.2) is 0 Å². The molecule has 0 aliphatic carbocycles. The lowest BCUT2D eigenvalue weighted by Gasteiger charge is -2.00. The number of benzene rings is 2. The van der Waals surface area contributed by atoms with E-state index < -0.39 is 4.92 Å². The molecular weight excluding hydrogens is 344 g/mol. The number of phenols is 1. The molecule has 0 saturated heterocycles. The number of hydrogen-bond donors (Lipinski definition) is 2. The molecule has 0 amide bonds. The van der Waals surface area contributed by atoms with Gasteiger partial charge in [0.2, 0.25) is 0 Å². The van der Waals surface area contributed by atoms with Crippen LogP contribution in [0.3, 0.4) is 0 Å². The molecule has 0 saturated carbocycles. The van der Waals surface area contributed by atoms with Crippen molar-refractivity contribution in [3.05, 3.63) is 63.5 Å². The maximum atomic E-state index is 10.9. The van der Waals surface area contributed by atoms with E-state index in [2.05, 4.69) is 9.97 Å². The molecule has 0 atom stereocenters. The van der Waals surface area contributed by atoms with Crippen LogP contribution in [-0.4, -0.2) is 20.0 Å². The average molecular weight is 357 g/mol. The Morgan fingerprint density at radius 1 is 1.36 bits per heavy atom. The second-order valence-electron chi connectivity index (χ2n) is 5.28. The highest BCUT2D eigenvalue weighted by Crippen LogP contribution is 2.27. The lowest BCUT2D eigenvalue weighted by Crippen LogP contribution is -1.89. The number of aromatic nitrogens is 2. The van der Waals surface area contributed by atoms with Crippen LogP contribution in [0.2, 0.25) is 0 Å². The zero-order valence-corrected chi connectivity index (χ0v) is 13.9. The van der Waals surface area contributed by atoms with E-state index in [9.17, 15) is 20.5 Å². The fourth-order valence-corrected chi connectivity index (χ4v) is 2.33. The smallest absolute Gasteiger partial charge is 0.270 e. The summed E-state index contributed by atoms with van der Waals surface area (Å²) in [5.74, 6) is 0.185. The predicted octanol–water partition coefficient (Wildman–Crippen LogP) is 3.97. The van der Waals surface area contributed by atoms with Crippen LogP contribution < -0.4 is 0 Å². The molecule has 1 heterocycles. The molecule has 0 fully saturated rings. The maximum Gasteiger partial charge on any atom is 0.270 e. The highest BCUT2D eigenvalue weighted by Gasteiger charge is 2.12. The van der Waals surface area contributed by atoms with Crippen molar-refractivity contribution >= 4 is 40.8 Å². The molecule has 0 aliphatic rings. The van der Waals surface area contributed by atoms with Gasteiger partial charge < -0.3 is 10.1 Å². The molecule has 8 heteroatoms. The third kappa shape index (κ3) is 3.59. The summed E-state index contributed by atoms with van der Waals surface area (Å²) in [6.07, 6.45) is 1.37. The van der Waals surface area contributed by atoms with Gasteiger partial charge in [-0.15, -0.1) is 12.4 Å². The van der Waals surface area contributed by atoms with Gasteiger partial charge >= 0.3 is 0 Å². The van der Waals surface area contributed by atoms with E-state index >= 15 is 0 Å². The van der Waals surface area contributed by atoms with Crippen molar-refractivity contribution in [3.63, 3.8) is 0 Å². The Bertz CT molecular complexity index is 1030. The van der Waals surface area contributed by atoms with Gasteiger partial charge in [-0.3, -0.25) is 10.1 Å². The summed E-state index contributed by atoms with van der Waals surface area (Å²) in [6, 6.07) is 11.3. The van der Waals surface area contributed by atoms with Crippen LogP contribution in [-0.2, 0) is 0 Å². The normalized spacial score (nSPS) is 11.0. The molecule has 3 rings (SSSR count). The van der Waals surface area contributed by atoms with E-state index in [1.807, 2.05) is 31.2 Å². The van der Waals surface area contributed by atoms with Gasteiger partial charge in [-0.05, 0) is 36.8 Å². The van der Waals surface area contributed by atoms with Gasteiger partial charge in [-0.2, -0.15) is 5.26 Å². The summed E-state index contributed by atoms with van der Waals surface area (Å²) in [6.45, 7) is 1.95. The first-order chi connectivity index (χ1) is 11.5. The third-order valence-electron chi connectivity index (χ3n) is 3.53. The number of non-ortho nitro benzene ring substituents is 1. The fraction of sp³-hybridized carbons (Fsp3) is 0.0588. The zero-order valence-electron chi connectivity index (χ0n) is 13.1. The molecule has 1 aromatic heterocycles. The fourth-order valence-electron chi connectivity index (χ4n) is 2.33. The second kappa shape index (κ2) is 7.03. The summed E-state index contributed by atoms with van der Waals surface area (Å²) in [5, 5.41) is 30.1. The molecule has 25 heavy (non-hydrogen) atoms. The molecule has 2 aromatic carbocycles. The molecule has 0 aliphatic heterocycles. The van der Waals surface area contributed by atoms with Crippen molar-refractivity contribution < 1.29 is 10.0 Å². The number of nitro groups is 1. The summed E-state index contributed by atoms with van der Waals surface area (Å²) >= 11 is 0. The number of allylic oxidation sites excluding steroid dienone is 1. The van der Waals surface area contributed by atoms with Crippen LogP contribution in [0.15, 0.2) is 36.4 Å². The number of nitrogens with zero attached hydrogens (tertiary/aromatic N) is 3. The number of phenolic OH excluding ortho intramolecular Hbond substituents is 1. The van der Waals surface area contributed by atoms with E-state index in [0.29, 0.717) is 11.3 Å². The number of halogens is 1. The number of nitriles is 1. The molecule has 2 N–H and O–H groups in total. The Balaban J connectivity index is 0.00000225. The number of hydrogen-bond acceptors (Lipinski definition) is 5. The number of aromatic amines is 1. The number of aromatic hydroxyl groups is 1. The highest BCUT2D eigenvalue weighted by molar-refractivity contribution is 5.91. The lowest BCUT2D eigenvalue weighted by molar-refractivity contribution is -0.384. The minimum atomic E-state index is -0.563. The SMILES string of the molecule is Cc1ccc2nc(C(C#N)=Cc3cc([N+](=O)[O-])ccc3O)[nH]c2c1.Cl. The van der Waals surface area contributed by atoms with Crippen LogP contribution in [0, 0.1) is 28.4 Å². The lowest BCUT2D eigenvalue weighted by atomic mass is 10.1. The monoisotopic (exact) mass is 356 g/mol. The van der Waals surface area contributed by atoms with E-state index in [0.717, 1.165) is 11.1 Å². The second-order valence-corrected chi connectivity index (χ2v) is 5.28. The summed E-state index contributed by atoms with van der Waals surface area (Å²) in [4.78, 5) is 17.7. The van der Waals surface area contributed by atoms with Crippen molar-refractivity contribution in [1.82, 2.24) is 9.97 Å². The Morgan fingerprint density at radius 3 is 2.80 bits per heavy atom. The van der Waals surface area contributed by atoms with Crippen LogP contribution in [0.25, 0.3) is 22.7 Å². The van der Waals surface area contributed by atoms with Gasteiger partial charge in [0, 0.05) is 17.7 Å². The molecule has 0 radical (unpaired) electrons. The van der Waals surface area contributed by atoms with Crippen molar-refractivity contribution in [3.8, 4) is 11.8 Å². The number of H-pyrrole nitrogens is 1. The molecule has 7 nitrogen and oxygen atoms in total. The number of imidazole rings is 1. The van der Waals surface area contributed by atoms with Crippen LogP contribution in [0.1, 0.15) is 17.0 Å². The summed E-state index contributed by atoms with van der Waals surface area (Å²) in [7, 11) is 0. The van der Waals surface area contributed by atoms with Crippen molar-refractivity contribution in [2.45, 2.75) is 6.92 Å². The summed E-state index contributed by atoms with van der Waals surface area (Å²) in [5.41, 5.74) is 2.72. The zero-order chi connectivity index (χ0) is 17.3. The van der Waals surface area contributed by atoms with Gasteiger partial charge in [0.1, 0.15) is 17.6 Å². The van der Waals surface area contributed by atoms with Crippen molar-refractivity contribution in [2.24, 2.45) is 0 Å². The Labute approximate surface area is 148 Å². The number of rotatable bonds is 3. The van der Waals surface area contributed by atoms with Gasteiger partial charge in [-0.1, -0.05) is 6.07 Å². The molecular formula is C17H13ClN4O3. The first-order valence-electron chi connectivity index (χ1n) is 7.04. The molecule has 3 aromatic rings. The van der Waals surface area contributed by atoms with Crippen molar-refractivity contribution in [2.75, 3.05) is 0 Å².